The van der Waals surface area contributed by atoms with Gasteiger partial charge in [0.05, 0.1) is 19.3 Å². The fourth-order valence-corrected chi connectivity index (χ4v) is 3.45. The lowest BCUT2D eigenvalue weighted by molar-refractivity contribution is 0.119. The van der Waals surface area contributed by atoms with E-state index < -0.39 is 0 Å². The summed E-state index contributed by atoms with van der Waals surface area (Å²) in [5.41, 5.74) is 2.20. The van der Waals surface area contributed by atoms with E-state index in [9.17, 15) is 0 Å². The van der Waals surface area contributed by atoms with Crippen molar-refractivity contribution >= 4 is 17.3 Å². The van der Waals surface area contributed by atoms with E-state index in [4.69, 9.17) is 9.47 Å². The summed E-state index contributed by atoms with van der Waals surface area (Å²) < 4.78 is 10.7. The van der Waals surface area contributed by atoms with Crippen molar-refractivity contribution < 1.29 is 9.47 Å². The third-order valence-electron chi connectivity index (χ3n) is 4.11. The number of para-hydroxylation sites is 1. The van der Waals surface area contributed by atoms with Crippen LogP contribution < -0.4 is 10.1 Å². The van der Waals surface area contributed by atoms with E-state index >= 15 is 0 Å². The van der Waals surface area contributed by atoms with Gasteiger partial charge in [-0.1, -0.05) is 18.2 Å². The number of aromatic nitrogens is 1. The fraction of sp³-hybridized carbons (Fsp3) is 0.474. The quantitative estimate of drug-likeness (QED) is 0.567. The van der Waals surface area contributed by atoms with E-state index in [-0.39, 0.29) is 6.10 Å². The molecule has 1 aromatic carbocycles. The zero-order valence-corrected chi connectivity index (χ0v) is 17.0. The third-order valence-corrected chi connectivity index (χ3v) is 5.17. The summed E-state index contributed by atoms with van der Waals surface area (Å²) in [5.74, 6) is 1.76. The number of nitrogens with zero attached hydrogens (tertiary/aromatic N) is 3. The molecular formula is C19H28N4O2S. The van der Waals surface area contributed by atoms with Gasteiger partial charge in [-0.25, -0.2) is 4.98 Å². The Morgan fingerprint density at radius 3 is 2.81 bits per heavy atom. The zero-order valence-electron chi connectivity index (χ0n) is 16.2. The number of aliphatic imine (C=N–C) groups is 1. The molecule has 0 radical (unpaired) electrons. The second kappa shape index (κ2) is 10.1. The van der Waals surface area contributed by atoms with Gasteiger partial charge in [0, 0.05) is 33.1 Å². The second-order valence-electron chi connectivity index (χ2n) is 5.95. The van der Waals surface area contributed by atoms with Gasteiger partial charge < -0.3 is 19.7 Å². The highest BCUT2D eigenvalue weighted by Gasteiger charge is 2.12. The van der Waals surface area contributed by atoms with Gasteiger partial charge in [0.15, 0.2) is 5.96 Å². The van der Waals surface area contributed by atoms with Crippen molar-refractivity contribution in [3.63, 3.8) is 0 Å². The van der Waals surface area contributed by atoms with Crippen molar-refractivity contribution in [1.82, 2.24) is 15.2 Å². The van der Waals surface area contributed by atoms with Crippen LogP contribution in [0.3, 0.4) is 0 Å². The molecule has 0 fully saturated rings. The number of ether oxygens (including phenoxy) is 2. The average Bonchev–Trinajstić information content (AvgIpc) is 3.13. The summed E-state index contributed by atoms with van der Waals surface area (Å²) in [4.78, 5) is 11.1. The number of guanidine groups is 1. The first-order valence-electron chi connectivity index (χ1n) is 8.59. The molecule has 6 nitrogen and oxygen atoms in total. The molecule has 0 saturated heterocycles. The molecule has 1 atom stereocenters. The van der Waals surface area contributed by atoms with Crippen LogP contribution in [0.4, 0.5) is 0 Å². The van der Waals surface area contributed by atoms with Gasteiger partial charge in [0.25, 0.3) is 0 Å². The Kier molecular flexibility index (Phi) is 7.87. The van der Waals surface area contributed by atoms with Gasteiger partial charge in [-0.05, 0) is 25.0 Å². The number of hydrogen-bond acceptors (Lipinski definition) is 5. The largest absolute Gasteiger partial charge is 0.496 e. The summed E-state index contributed by atoms with van der Waals surface area (Å²) in [6.45, 7) is 3.48. The molecule has 1 heterocycles. The molecule has 2 aromatic rings. The van der Waals surface area contributed by atoms with E-state index in [1.807, 2.05) is 32.2 Å². The van der Waals surface area contributed by atoms with Crippen LogP contribution in [0, 0.1) is 0 Å². The lowest BCUT2D eigenvalue weighted by Gasteiger charge is -2.21. The Labute approximate surface area is 159 Å². The minimum absolute atomic E-state index is 0.0253. The molecular weight excluding hydrogens is 348 g/mol. The molecule has 0 spiro atoms. The topological polar surface area (TPSA) is 59.0 Å². The van der Waals surface area contributed by atoms with Gasteiger partial charge in [0.2, 0.25) is 0 Å². The summed E-state index contributed by atoms with van der Waals surface area (Å²) in [6, 6.07) is 8.08. The number of rotatable bonds is 8. The first-order chi connectivity index (χ1) is 12.6. The van der Waals surface area contributed by atoms with Gasteiger partial charge in [-0.15, -0.1) is 11.3 Å². The summed E-state index contributed by atoms with van der Waals surface area (Å²) >= 11 is 1.63. The predicted octanol–water partition coefficient (Wildman–Crippen LogP) is 3.11. The van der Waals surface area contributed by atoms with E-state index in [2.05, 4.69) is 31.6 Å². The average molecular weight is 377 g/mol. The number of benzene rings is 1. The Morgan fingerprint density at radius 2 is 2.12 bits per heavy atom. The standard InChI is InChI=1S/C19H28N4O2S/c1-14(24-4)18-22-16(13-26-18)12-23(3)19(20-2)21-11-10-15-8-6-7-9-17(15)25-5/h6-9,13-14H,10-12H2,1-5H3,(H,20,21). The Bertz CT molecular complexity index is 717. The monoisotopic (exact) mass is 376 g/mol. The number of thiazole rings is 1. The van der Waals surface area contributed by atoms with Crippen molar-refractivity contribution in [3.05, 3.63) is 45.9 Å². The van der Waals surface area contributed by atoms with Crippen molar-refractivity contribution in [2.24, 2.45) is 4.99 Å². The predicted molar refractivity (Wildman–Crippen MR) is 107 cm³/mol. The van der Waals surface area contributed by atoms with Crippen molar-refractivity contribution in [2.75, 3.05) is 34.9 Å². The van der Waals surface area contributed by atoms with Crippen molar-refractivity contribution in [3.8, 4) is 5.75 Å². The summed E-state index contributed by atoms with van der Waals surface area (Å²) in [5, 5.41) is 6.47. The normalized spacial score (nSPS) is 12.7. The first kappa shape index (κ1) is 20.2. The molecule has 0 bridgehead atoms. The molecule has 0 amide bonds. The highest BCUT2D eigenvalue weighted by atomic mass is 32.1. The Morgan fingerprint density at radius 1 is 1.35 bits per heavy atom. The van der Waals surface area contributed by atoms with Crippen LogP contribution in [0.1, 0.15) is 29.3 Å². The molecule has 26 heavy (non-hydrogen) atoms. The number of methoxy groups -OCH3 is 2. The van der Waals surface area contributed by atoms with E-state index in [0.29, 0.717) is 6.54 Å². The van der Waals surface area contributed by atoms with E-state index in [1.165, 1.54) is 5.56 Å². The maximum absolute atomic E-state index is 5.40. The molecule has 2 rings (SSSR count). The molecule has 0 aliphatic rings. The maximum atomic E-state index is 5.40. The molecule has 1 unspecified atom stereocenters. The fourth-order valence-electron chi connectivity index (χ4n) is 2.60. The van der Waals surface area contributed by atoms with Crippen LogP contribution >= 0.6 is 11.3 Å². The first-order valence-corrected chi connectivity index (χ1v) is 9.47. The van der Waals surface area contributed by atoms with Crippen LogP contribution in [0.25, 0.3) is 0 Å². The summed E-state index contributed by atoms with van der Waals surface area (Å²) in [7, 11) is 7.20. The molecule has 0 aliphatic heterocycles. The van der Waals surface area contributed by atoms with Crippen LogP contribution in [0.2, 0.25) is 0 Å². The lowest BCUT2D eigenvalue weighted by atomic mass is 10.1. The molecule has 142 valence electrons. The lowest BCUT2D eigenvalue weighted by Crippen LogP contribution is -2.39. The minimum atomic E-state index is 0.0253. The Balaban J connectivity index is 1.88. The van der Waals surface area contributed by atoms with Crippen LogP contribution in [0.15, 0.2) is 34.6 Å². The van der Waals surface area contributed by atoms with Gasteiger partial charge >= 0.3 is 0 Å². The maximum Gasteiger partial charge on any atom is 0.193 e. The minimum Gasteiger partial charge on any atom is -0.496 e. The highest BCUT2D eigenvalue weighted by molar-refractivity contribution is 7.09. The number of nitrogens with one attached hydrogen (secondary N) is 1. The van der Waals surface area contributed by atoms with Crippen LogP contribution in [0.5, 0.6) is 5.75 Å². The van der Waals surface area contributed by atoms with Crippen molar-refractivity contribution in [2.45, 2.75) is 26.0 Å². The molecule has 1 N–H and O–H groups in total. The van der Waals surface area contributed by atoms with Gasteiger partial charge in [0.1, 0.15) is 16.9 Å². The molecule has 0 aliphatic carbocycles. The molecule has 7 heteroatoms. The summed E-state index contributed by atoms with van der Waals surface area (Å²) in [6.07, 6.45) is 0.889. The van der Waals surface area contributed by atoms with Crippen LogP contribution in [-0.4, -0.2) is 50.7 Å². The Hall–Kier alpha value is -2.12. The molecule has 1 aromatic heterocycles. The van der Waals surface area contributed by atoms with Crippen molar-refractivity contribution in [1.29, 1.82) is 0 Å². The zero-order chi connectivity index (χ0) is 18.9. The smallest absolute Gasteiger partial charge is 0.193 e. The van der Waals surface area contributed by atoms with Gasteiger partial charge in [-0.3, -0.25) is 4.99 Å². The van der Waals surface area contributed by atoms with E-state index in [0.717, 1.165) is 35.4 Å². The van der Waals surface area contributed by atoms with E-state index in [1.54, 1.807) is 32.6 Å². The highest BCUT2D eigenvalue weighted by Crippen LogP contribution is 2.21. The SMILES string of the molecule is CN=C(NCCc1ccccc1OC)N(C)Cc1csc(C(C)OC)n1. The van der Waals surface area contributed by atoms with Gasteiger partial charge in [-0.2, -0.15) is 0 Å². The third kappa shape index (κ3) is 5.44. The molecule has 0 saturated carbocycles. The van der Waals surface area contributed by atoms with Crippen LogP contribution in [-0.2, 0) is 17.7 Å². The number of hydrogen-bond donors (Lipinski definition) is 1. The second-order valence-corrected chi connectivity index (χ2v) is 6.84.